The molecule has 0 unspecified atom stereocenters. The number of aryl methyl sites for hydroxylation is 2. The minimum atomic E-state index is 0.0133. The van der Waals surface area contributed by atoms with E-state index in [0.29, 0.717) is 12.4 Å². The van der Waals surface area contributed by atoms with Gasteiger partial charge in [0.25, 0.3) is 0 Å². The SMILES string of the molecule is CCCCc1noc([C@@H](C)NCc2nnc3n2CCCC3)n1. The number of hydrogen-bond donors (Lipinski definition) is 1. The van der Waals surface area contributed by atoms with E-state index in [4.69, 9.17) is 4.52 Å². The summed E-state index contributed by atoms with van der Waals surface area (Å²) in [6, 6.07) is 0.0133. The summed E-state index contributed by atoms with van der Waals surface area (Å²) in [7, 11) is 0. The lowest BCUT2D eigenvalue weighted by atomic mass is 10.2. The zero-order valence-electron chi connectivity index (χ0n) is 13.4. The Kier molecular flexibility index (Phi) is 4.82. The van der Waals surface area contributed by atoms with Crippen LogP contribution in [0.4, 0.5) is 0 Å². The monoisotopic (exact) mass is 304 g/mol. The van der Waals surface area contributed by atoms with Crippen LogP contribution in [0.5, 0.6) is 0 Å². The Bertz CT molecular complexity index is 605. The smallest absolute Gasteiger partial charge is 0.243 e. The van der Waals surface area contributed by atoms with Gasteiger partial charge in [-0.05, 0) is 26.2 Å². The lowest BCUT2D eigenvalue weighted by Crippen LogP contribution is -2.22. The third kappa shape index (κ3) is 3.35. The topological polar surface area (TPSA) is 81.7 Å². The van der Waals surface area contributed by atoms with Crippen LogP contribution >= 0.6 is 0 Å². The molecule has 3 heterocycles. The van der Waals surface area contributed by atoms with Gasteiger partial charge in [-0.2, -0.15) is 4.98 Å². The van der Waals surface area contributed by atoms with Crippen LogP contribution in [0, 0.1) is 0 Å². The van der Waals surface area contributed by atoms with Gasteiger partial charge >= 0.3 is 0 Å². The second-order valence-electron chi connectivity index (χ2n) is 5.90. The zero-order chi connectivity index (χ0) is 15.4. The molecule has 120 valence electrons. The number of nitrogens with zero attached hydrogens (tertiary/aromatic N) is 5. The second kappa shape index (κ2) is 7.00. The van der Waals surface area contributed by atoms with Crippen molar-refractivity contribution in [2.75, 3.05) is 0 Å². The molecule has 1 N–H and O–H groups in total. The van der Waals surface area contributed by atoms with Crippen molar-refractivity contribution in [3.8, 4) is 0 Å². The van der Waals surface area contributed by atoms with Crippen LogP contribution in [-0.2, 0) is 25.9 Å². The normalized spacial score (nSPS) is 15.7. The van der Waals surface area contributed by atoms with Crippen LogP contribution in [0.2, 0.25) is 0 Å². The molecular formula is C15H24N6O. The van der Waals surface area contributed by atoms with E-state index >= 15 is 0 Å². The van der Waals surface area contributed by atoms with E-state index < -0.39 is 0 Å². The molecule has 0 aromatic carbocycles. The number of rotatable bonds is 7. The van der Waals surface area contributed by atoms with Crippen molar-refractivity contribution >= 4 is 0 Å². The fourth-order valence-corrected chi connectivity index (χ4v) is 2.71. The fourth-order valence-electron chi connectivity index (χ4n) is 2.71. The maximum absolute atomic E-state index is 5.34. The molecule has 1 aliphatic heterocycles. The van der Waals surface area contributed by atoms with E-state index in [1.54, 1.807) is 0 Å². The Balaban J connectivity index is 1.56. The molecule has 2 aromatic heterocycles. The van der Waals surface area contributed by atoms with Gasteiger partial charge in [0.15, 0.2) is 5.82 Å². The number of unbranched alkanes of at least 4 members (excludes halogenated alkanes) is 1. The van der Waals surface area contributed by atoms with Crippen LogP contribution in [0.15, 0.2) is 4.52 Å². The standard InChI is InChI=1S/C15H24N6O/c1-3-4-7-12-17-15(22-20-12)11(2)16-10-14-19-18-13-8-5-6-9-21(13)14/h11,16H,3-10H2,1-2H3/t11-/m1/s1. The van der Waals surface area contributed by atoms with E-state index in [-0.39, 0.29) is 6.04 Å². The Morgan fingerprint density at radius 2 is 2.23 bits per heavy atom. The first kappa shape index (κ1) is 15.1. The van der Waals surface area contributed by atoms with Crippen LogP contribution in [0.25, 0.3) is 0 Å². The van der Waals surface area contributed by atoms with Gasteiger partial charge in [-0.25, -0.2) is 0 Å². The molecule has 7 heteroatoms. The van der Waals surface area contributed by atoms with Crippen molar-refractivity contribution in [2.24, 2.45) is 0 Å². The van der Waals surface area contributed by atoms with Gasteiger partial charge in [0, 0.05) is 19.4 Å². The van der Waals surface area contributed by atoms with E-state index in [9.17, 15) is 0 Å². The van der Waals surface area contributed by atoms with Crippen molar-refractivity contribution in [1.82, 2.24) is 30.2 Å². The average molecular weight is 304 g/mol. The Hall–Kier alpha value is -1.76. The minimum Gasteiger partial charge on any atom is -0.338 e. The molecule has 0 saturated carbocycles. The van der Waals surface area contributed by atoms with Crippen molar-refractivity contribution in [1.29, 1.82) is 0 Å². The molecule has 1 atom stereocenters. The molecule has 1 aliphatic rings. The lowest BCUT2D eigenvalue weighted by Gasteiger charge is -2.15. The van der Waals surface area contributed by atoms with Crippen molar-refractivity contribution in [2.45, 2.75) is 71.5 Å². The first-order valence-electron chi connectivity index (χ1n) is 8.24. The van der Waals surface area contributed by atoms with Gasteiger partial charge in [0.1, 0.15) is 11.6 Å². The largest absolute Gasteiger partial charge is 0.338 e. The van der Waals surface area contributed by atoms with Crippen molar-refractivity contribution in [3.05, 3.63) is 23.4 Å². The van der Waals surface area contributed by atoms with Gasteiger partial charge in [0.05, 0.1) is 12.6 Å². The van der Waals surface area contributed by atoms with E-state index in [1.807, 2.05) is 6.92 Å². The predicted molar refractivity (Wildman–Crippen MR) is 81.1 cm³/mol. The summed E-state index contributed by atoms with van der Waals surface area (Å²) in [5.74, 6) is 3.54. The zero-order valence-corrected chi connectivity index (χ0v) is 13.4. The molecule has 0 bridgehead atoms. The Labute approximate surface area is 130 Å². The van der Waals surface area contributed by atoms with Gasteiger partial charge in [-0.1, -0.05) is 18.5 Å². The molecule has 0 fully saturated rings. The molecule has 3 rings (SSSR count). The summed E-state index contributed by atoms with van der Waals surface area (Å²) in [5.41, 5.74) is 0. The quantitative estimate of drug-likeness (QED) is 0.844. The van der Waals surface area contributed by atoms with Gasteiger partial charge in [-0.15, -0.1) is 10.2 Å². The fraction of sp³-hybridized carbons (Fsp3) is 0.733. The first-order valence-corrected chi connectivity index (χ1v) is 8.24. The number of aromatic nitrogens is 5. The Morgan fingerprint density at radius 3 is 3.09 bits per heavy atom. The highest BCUT2D eigenvalue weighted by atomic mass is 16.5. The van der Waals surface area contributed by atoms with Gasteiger partial charge in [0.2, 0.25) is 5.89 Å². The highest BCUT2D eigenvalue weighted by molar-refractivity contribution is 4.99. The van der Waals surface area contributed by atoms with Gasteiger partial charge in [-0.3, -0.25) is 5.32 Å². The predicted octanol–water partition coefficient (Wildman–Crippen LogP) is 2.19. The van der Waals surface area contributed by atoms with E-state index in [0.717, 1.165) is 49.7 Å². The molecule has 22 heavy (non-hydrogen) atoms. The van der Waals surface area contributed by atoms with Crippen LogP contribution < -0.4 is 5.32 Å². The summed E-state index contributed by atoms with van der Waals surface area (Å²) >= 11 is 0. The highest BCUT2D eigenvalue weighted by Crippen LogP contribution is 2.16. The minimum absolute atomic E-state index is 0.0133. The van der Waals surface area contributed by atoms with Gasteiger partial charge < -0.3 is 9.09 Å². The molecule has 2 aromatic rings. The molecule has 0 aliphatic carbocycles. The summed E-state index contributed by atoms with van der Waals surface area (Å²) in [6.07, 6.45) is 6.56. The maximum Gasteiger partial charge on any atom is 0.243 e. The highest BCUT2D eigenvalue weighted by Gasteiger charge is 2.18. The van der Waals surface area contributed by atoms with E-state index in [1.165, 1.54) is 12.8 Å². The average Bonchev–Trinajstić information content (AvgIpc) is 3.18. The van der Waals surface area contributed by atoms with Crippen LogP contribution in [0.1, 0.15) is 68.9 Å². The van der Waals surface area contributed by atoms with Crippen molar-refractivity contribution in [3.63, 3.8) is 0 Å². The van der Waals surface area contributed by atoms with Crippen molar-refractivity contribution < 1.29 is 4.52 Å². The third-order valence-corrected chi connectivity index (χ3v) is 4.11. The number of hydrogen-bond acceptors (Lipinski definition) is 6. The molecule has 0 amide bonds. The summed E-state index contributed by atoms with van der Waals surface area (Å²) in [6.45, 7) is 5.88. The first-order chi connectivity index (χ1) is 10.8. The van der Waals surface area contributed by atoms with Crippen LogP contribution in [-0.4, -0.2) is 24.9 Å². The lowest BCUT2D eigenvalue weighted by molar-refractivity contribution is 0.333. The second-order valence-corrected chi connectivity index (χ2v) is 5.90. The van der Waals surface area contributed by atoms with Crippen LogP contribution in [0.3, 0.4) is 0 Å². The summed E-state index contributed by atoms with van der Waals surface area (Å²) in [5, 5.41) is 16.0. The molecule has 0 saturated heterocycles. The summed E-state index contributed by atoms with van der Waals surface area (Å²) < 4.78 is 7.57. The molecule has 0 spiro atoms. The molecule has 0 radical (unpaired) electrons. The third-order valence-electron chi connectivity index (χ3n) is 4.11. The maximum atomic E-state index is 5.34. The molecular weight excluding hydrogens is 280 g/mol. The number of nitrogens with one attached hydrogen (secondary N) is 1. The van der Waals surface area contributed by atoms with E-state index in [2.05, 4.69) is 37.1 Å². The Morgan fingerprint density at radius 1 is 1.32 bits per heavy atom. The summed E-state index contributed by atoms with van der Waals surface area (Å²) in [4.78, 5) is 4.45. The number of fused-ring (bicyclic) bond motifs is 1. The molecule has 7 nitrogen and oxygen atoms in total.